The van der Waals surface area contributed by atoms with Gasteiger partial charge in [-0.25, -0.2) is 0 Å². The van der Waals surface area contributed by atoms with Crippen molar-refractivity contribution in [3.05, 3.63) is 6.54 Å². The van der Waals surface area contributed by atoms with Gasteiger partial charge in [-0.3, -0.25) is 0 Å². The van der Waals surface area contributed by atoms with E-state index in [1.165, 1.54) is 12.8 Å². The van der Waals surface area contributed by atoms with E-state index in [-0.39, 0.29) is 0 Å². The second-order valence-electron chi connectivity index (χ2n) is 1.94. The van der Waals surface area contributed by atoms with E-state index in [1.807, 2.05) is 6.54 Å². The van der Waals surface area contributed by atoms with Crippen LogP contribution in [-0.4, -0.2) is 19.8 Å². The summed E-state index contributed by atoms with van der Waals surface area (Å²) >= 11 is 0. The number of nitrogens with one attached hydrogen (secondary N) is 1. The van der Waals surface area contributed by atoms with Gasteiger partial charge in [0.05, 0.1) is 6.61 Å². The van der Waals surface area contributed by atoms with Gasteiger partial charge in [0, 0.05) is 13.2 Å². The Labute approximate surface area is 50.2 Å². The second kappa shape index (κ2) is 3.87. The van der Waals surface area contributed by atoms with Crippen molar-refractivity contribution in [3.8, 4) is 0 Å². The summed E-state index contributed by atoms with van der Waals surface area (Å²) in [6.45, 7) is 4.78. The highest BCUT2D eigenvalue weighted by atomic mass is 16.5. The van der Waals surface area contributed by atoms with Gasteiger partial charge in [-0.2, -0.15) is 0 Å². The summed E-state index contributed by atoms with van der Waals surface area (Å²) < 4.78 is 5.16. The summed E-state index contributed by atoms with van der Waals surface area (Å²) in [5.74, 6) is 0. The van der Waals surface area contributed by atoms with E-state index in [0.717, 1.165) is 19.8 Å². The van der Waals surface area contributed by atoms with Crippen molar-refractivity contribution in [2.45, 2.75) is 12.8 Å². The Morgan fingerprint density at radius 2 is 2.38 bits per heavy atom. The van der Waals surface area contributed by atoms with Gasteiger partial charge < -0.3 is 10.1 Å². The maximum absolute atomic E-state index is 5.16. The first kappa shape index (κ1) is 6.05. The van der Waals surface area contributed by atoms with Crippen LogP contribution < -0.4 is 5.32 Å². The van der Waals surface area contributed by atoms with E-state index in [9.17, 15) is 0 Å². The van der Waals surface area contributed by atoms with Crippen molar-refractivity contribution in [1.82, 2.24) is 5.32 Å². The van der Waals surface area contributed by atoms with E-state index >= 15 is 0 Å². The molecule has 0 aromatic carbocycles. The largest absolute Gasteiger partial charge is 0.380 e. The summed E-state index contributed by atoms with van der Waals surface area (Å²) in [5.41, 5.74) is 0. The molecule has 1 N–H and O–H groups in total. The molecule has 0 unspecified atom stereocenters. The Bertz CT molecular complexity index is 32.5. The standard InChI is InChI=1S/C6H12NO/c1-2-5-8-6-4-7-3-1/h4,7H,1-3,5-6H2. The Morgan fingerprint density at radius 1 is 1.38 bits per heavy atom. The first-order valence-electron chi connectivity index (χ1n) is 3.13. The Balaban J connectivity index is 2.00. The molecule has 1 radical (unpaired) electrons. The Kier molecular flexibility index (Phi) is 2.92. The van der Waals surface area contributed by atoms with Gasteiger partial charge in [0.25, 0.3) is 0 Å². The molecule has 0 spiro atoms. The van der Waals surface area contributed by atoms with Gasteiger partial charge in [-0.1, -0.05) is 0 Å². The van der Waals surface area contributed by atoms with Gasteiger partial charge >= 0.3 is 0 Å². The van der Waals surface area contributed by atoms with Crippen LogP contribution in [0.1, 0.15) is 12.8 Å². The van der Waals surface area contributed by atoms with E-state index < -0.39 is 0 Å². The summed E-state index contributed by atoms with van der Waals surface area (Å²) in [4.78, 5) is 0. The monoisotopic (exact) mass is 114 g/mol. The molecule has 0 aromatic heterocycles. The molecule has 1 fully saturated rings. The summed E-state index contributed by atoms with van der Waals surface area (Å²) in [6, 6.07) is 0. The lowest BCUT2D eigenvalue weighted by Crippen LogP contribution is -2.18. The minimum Gasteiger partial charge on any atom is -0.380 e. The zero-order chi connectivity index (χ0) is 5.66. The van der Waals surface area contributed by atoms with Crippen molar-refractivity contribution in [2.24, 2.45) is 0 Å². The quantitative estimate of drug-likeness (QED) is 0.496. The van der Waals surface area contributed by atoms with Crippen LogP contribution in [0.25, 0.3) is 0 Å². The van der Waals surface area contributed by atoms with Gasteiger partial charge in [0.1, 0.15) is 0 Å². The van der Waals surface area contributed by atoms with Crippen molar-refractivity contribution in [3.63, 3.8) is 0 Å². The molecule has 2 nitrogen and oxygen atoms in total. The maximum Gasteiger partial charge on any atom is 0.0635 e. The van der Waals surface area contributed by atoms with Gasteiger partial charge in [0.2, 0.25) is 0 Å². The predicted molar refractivity (Wildman–Crippen MR) is 32.4 cm³/mol. The van der Waals surface area contributed by atoms with E-state index in [1.54, 1.807) is 0 Å². The molecular weight excluding hydrogens is 102 g/mol. The van der Waals surface area contributed by atoms with Crippen LogP contribution in [0.15, 0.2) is 0 Å². The highest BCUT2D eigenvalue weighted by Crippen LogP contribution is 1.92. The average Bonchev–Trinajstić information content (AvgIpc) is 1.62. The molecule has 1 aliphatic rings. The number of rotatable bonds is 0. The minimum absolute atomic E-state index is 0.764. The third-order valence-electron chi connectivity index (χ3n) is 1.21. The molecule has 0 amide bonds. The fourth-order valence-electron chi connectivity index (χ4n) is 0.734. The lowest BCUT2D eigenvalue weighted by atomic mass is 10.3. The second-order valence-corrected chi connectivity index (χ2v) is 1.94. The highest BCUT2D eigenvalue weighted by Gasteiger charge is 1.94. The van der Waals surface area contributed by atoms with Gasteiger partial charge in [-0.05, 0) is 19.4 Å². The normalized spacial score (nSPS) is 24.0. The Morgan fingerprint density at radius 3 is 3.38 bits per heavy atom. The number of hydrogen-bond donors (Lipinski definition) is 1. The summed E-state index contributed by atoms with van der Waals surface area (Å²) in [6.07, 6.45) is 2.43. The summed E-state index contributed by atoms with van der Waals surface area (Å²) in [7, 11) is 0. The van der Waals surface area contributed by atoms with Crippen molar-refractivity contribution in [1.29, 1.82) is 0 Å². The first-order chi connectivity index (χ1) is 4.00. The lowest BCUT2D eigenvalue weighted by molar-refractivity contribution is 0.138. The zero-order valence-corrected chi connectivity index (χ0v) is 5.02. The molecule has 1 rings (SSSR count). The zero-order valence-electron chi connectivity index (χ0n) is 5.02. The molecule has 0 bridgehead atoms. The molecule has 0 aromatic rings. The predicted octanol–water partition coefficient (Wildman–Crippen LogP) is 0.548. The maximum atomic E-state index is 5.16. The van der Waals surface area contributed by atoms with E-state index in [0.29, 0.717) is 0 Å². The minimum atomic E-state index is 0.764. The molecular formula is C6H12NO. The van der Waals surface area contributed by atoms with Crippen molar-refractivity contribution in [2.75, 3.05) is 19.8 Å². The molecule has 8 heavy (non-hydrogen) atoms. The van der Waals surface area contributed by atoms with Crippen LogP contribution in [0.4, 0.5) is 0 Å². The van der Waals surface area contributed by atoms with Crippen LogP contribution in [0.5, 0.6) is 0 Å². The van der Waals surface area contributed by atoms with Crippen molar-refractivity contribution < 1.29 is 4.74 Å². The van der Waals surface area contributed by atoms with Crippen LogP contribution >= 0.6 is 0 Å². The molecule has 1 saturated heterocycles. The van der Waals surface area contributed by atoms with Gasteiger partial charge in [-0.15, -0.1) is 0 Å². The first-order valence-corrected chi connectivity index (χ1v) is 3.13. The molecule has 0 saturated carbocycles. The average molecular weight is 114 g/mol. The molecule has 2 heteroatoms. The Hall–Kier alpha value is -0.0800. The smallest absolute Gasteiger partial charge is 0.0635 e. The fraction of sp³-hybridized carbons (Fsp3) is 0.833. The van der Waals surface area contributed by atoms with Crippen molar-refractivity contribution >= 4 is 0 Å². The van der Waals surface area contributed by atoms with Crippen LogP contribution in [0.2, 0.25) is 0 Å². The van der Waals surface area contributed by atoms with E-state index in [4.69, 9.17) is 4.74 Å². The molecule has 1 aliphatic heterocycles. The topological polar surface area (TPSA) is 21.3 Å². The molecule has 1 heterocycles. The fourth-order valence-corrected chi connectivity index (χ4v) is 0.734. The summed E-state index contributed by atoms with van der Waals surface area (Å²) in [5, 5.41) is 3.14. The SMILES string of the molecule is [CH]1COCCCCN1. The van der Waals surface area contributed by atoms with Crippen LogP contribution in [0, 0.1) is 6.54 Å². The van der Waals surface area contributed by atoms with Crippen LogP contribution in [0.3, 0.4) is 0 Å². The van der Waals surface area contributed by atoms with E-state index in [2.05, 4.69) is 5.32 Å². The molecule has 47 valence electrons. The number of ether oxygens (including phenoxy) is 1. The lowest BCUT2D eigenvalue weighted by Gasteiger charge is -2.08. The van der Waals surface area contributed by atoms with Gasteiger partial charge in [0.15, 0.2) is 0 Å². The molecule has 0 atom stereocenters. The van der Waals surface area contributed by atoms with Crippen LogP contribution in [-0.2, 0) is 4.74 Å². The third-order valence-corrected chi connectivity index (χ3v) is 1.21. The highest BCUT2D eigenvalue weighted by molar-refractivity contribution is 4.62. The molecule has 0 aliphatic carbocycles. The third kappa shape index (κ3) is 2.28. The number of hydrogen-bond acceptors (Lipinski definition) is 2.